The fourth-order valence-electron chi connectivity index (χ4n) is 3.90. The van der Waals surface area contributed by atoms with E-state index in [9.17, 15) is 5.11 Å². The van der Waals surface area contributed by atoms with E-state index in [0.29, 0.717) is 23.1 Å². The molecule has 4 aromatic heterocycles. The number of imidazole rings is 1. The third-order valence-corrected chi connectivity index (χ3v) is 7.59. The Bertz CT molecular complexity index is 1430. The summed E-state index contributed by atoms with van der Waals surface area (Å²) in [4.78, 5) is 20.8. The van der Waals surface area contributed by atoms with Gasteiger partial charge in [0, 0.05) is 58.5 Å². The summed E-state index contributed by atoms with van der Waals surface area (Å²) in [7, 11) is 1.93. The normalized spacial score (nSPS) is 12.4. The van der Waals surface area contributed by atoms with Crippen LogP contribution in [-0.4, -0.2) is 42.3 Å². The average molecular weight is 511 g/mol. The molecular formula is C24H23ClN6OS2. The van der Waals surface area contributed by atoms with Gasteiger partial charge in [0.05, 0.1) is 16.6 Å². The minimum absolute atomic E-state index is 0.103. The highest BCUT2D eigenvalue weighted by Crippen LogP contribution is 2.48. The van der Waals surface area contributed by atoms with Crippen LogP contribution in [0.3, 0.4) is 0 Å². The number of fused-ring (bicyclic) bond motifs is 1. The second-order valence-corrected chi connectivity index (χ2v) is 10.1. The molecule has 34 heavy (non-hydrogen) atoms. The number of nitrogens with one attached hydrogen (secondary N) is 1. The van der Waals surface area contributed by atoms with E-state index in [1.807, 2.05) is 53.0 Å². The zero-order valence-corrected chi connectivity index (χ0v) is 21.1. The third-order valence-electron chi connectivity index (χ3n) is 5.56. The number of nitrogens with zero attached hydrogens (tertiary/aromatic N) is 5. The minimum Gasteiger partial charge on any atom is -0.396 e. The average Bonchev–Trinajstić information content (AvgIpc) is 3.57. The van der Waals surface area contributed by atoms with E-state index >= 15 is 0 Å². The van der Waals surface area contributed by atoms with E-state index in [1.54, 1.807) is 28.9 Å². The first-order valence-corrected chi connectivity index (χ1v) is 13.0. The van der Waals surface area contributed by atoms with Crippen LogP contribution in [0.4, 0.5) is 5.82 Å². The molecule has 174 valence electrons. The van der Waals surface area contributed by atoms with Gasteiger partial charge in [-0.1, -0.05) is 29.8 Å². The van der Waals surface area contributed by atoms with Gasteiger partial charge in [-0.3, -0.25) is 0 Å². The molecule has 0 fully saturated rings. The van der Waals surface area contributed by atoms with E-state index < -0.39 is 0 Å². The molecule has 0 saturated carbocycles. The summed E-state index contributed by atoms with van der Waals surface area (Å²) in [6, 6.07) is 7.93. The van der Waals surface area contributed by atoms with Crippen molar-refractivity contribution in [3.63, 3.8) is 0 Å². The van der Waals surface area contributed by atoms with Crippen LogP contribution in [0.25, 0.3) is 43.6 Å². The van der Waals surface area contributed by atoms with E-state index in [2.05, 4.69) is 22.2 Å². The molecule has 1 unspecified atom stereocenters. The van der Waals surface area contributed by atoms with Crippen LogP contribution in [0.2, 0.25) is 5.02 Å². The van der Waals surface area contributed by atoms with Gasteiger partial charge in [-0.05, 0) is 25.8 Å². The van der Waals surface area contributed by atoms with Crippen molar-refractivity contribution >= 4 is 50.3 Å². The van der Waals surface area contributed by atoms with E-state index in [1.165, 1.54) is 0 Å². The minimum atomic E-state index is 0.103. The lowest BCUT2D eigenvalue weighted by Gasteiger charge is -2.16. The Morgan fingerprint density at radius 1 is 1.21 bits per heavy atom. The number of thiophene rings is 1. The number of aryl methyl sites for hydroxylation is 1. The molecule has 2 N–H and O–H groups in total. The number of hydrogen-bond donors (Lipinski definition) is 2. The maximum atomic E-state index is 9.29. The molecule has 1 atom stereocenters. The van der Waals surface area contributed by atoms with Gasteiger partial charge >= 0.3 is 0 Å². The molecule has 0 bridgehead atoms. The van der Waals surface area contributed by atoms with Crippen LogP contribution in [0.15, 0.2) is 47.5 Å². The maximum absolute atomic E-state index is 9.29. The summed E-state index contributed by atoms with van der Waals surface area (Å²) >= 11 is 9.76. The first-order chi connectivity index (χ1) is 16.6. The molecule has 5 rings (SSSR count). The number of rotatable bonds is 8. The Hall–Kier alpha value is -2.85. The van der Waals surface area contributed by atoms with Crippen LogP contribution < -0.4 is 5.32 Å². The SMILES string of the molecule is CC(CCCO)Nc1nc(-c2nccn2C)nc2sc(-c3ccccc3Cl)c(-c3cscn3)c12. The van der Waals surface area contributed by atoms with Crippen molar-refractivity contribution in [1.82, 2.24) is 24.5 Å². The fourth-order valence-corrected chi connectivity index (χ4v) is 5.96. The van der Waals surface area contributed by atoms with Gasteiger partial charge in [0.15, 0.2) is 11.6 Å². The molecular weight excluding hydrogens is 488 g/mol. The molecule has 0 aliphatic carbocycles. The van der Waals surface area contributed by atoms with Crippen molar-refractivity contribution in [2.75, 3.05) is 11.9 Å². The number of thiazole rings is 1. The Morgan fingerprint density at radius 2 is 2.06 bits per heavy atom. The lowest BCUT2D eigenvalue weighted by atomic mass is 10.0. The van der Waals surface area contributed by atoms with Crippen molar-refractivity contribution in [2.45, 2.75) is 25.8 Å². The van der Waals surface area contributed by atoms with Gasteiger partial charge < -0.3 is 15.0 Å². The first kappa shape index (κ1) is 22.9. The van der Waals surface area contributed by atoms with Crippen molar-refractivity contribution in [2.24, 2.45) is 7.05 Å². The third kappa shape index (κ3) is 4.32. The zero-order valence-electron chi connectivity index (χ0n) is 18.7. The molecule has 10 heteroatoms. The molecule has 0 saturated heterocycles. The van der Waals surface area contributed by atoms with Crippen molar-refractivity contribution in [1.29, 1.82) is 0 Å². The summed E-state index contributed by atoms with van der Waals surface area (Å²) in [6.07, 6.45) is 5.14. The molecule has 4 heterocycles. The highest BCUT2D eigenvalue weighted by molar-refractivity contribution is 7.22. The molecule has 0 amide bonds. The van der Waals surface area contributed by atoms with Crippen LogP contribution in [0, 0.1) is 0 Å². The van der Waals surface area contributed by atoms with Crippen LogP contribution in [-0.2, 0) is 7.05 Å². The molecule has 7 nitrogen and oxygen atoms in total. The van der Waals surface area contributed by atoms with E-state index in [-0.39, 0.29) is 12.6 Å². The summed E-state index contributed by atoms with van der Waals surface area (Å²) in [6.45, 7) is 2.25. The van der Waals surface area contributed by atoms with Crippen molar-refractivity contribution in [3.05, 3.63) is 52.6 Å². The first-order valence-electron chi connectivity index (χ1n) is 10.9. The van der Waals surface area contributed by atoms with E-state index in [0.717, 1.165) is 44.2 Å². The Balaban J connectivity index is 1.79. The van der Waals surface area contributed by atoms with Gasteiger partial charge in [0.1, 0.15) is 10.6 Å². The Morgan fingerprint density at radius 3 is 2.76 bits per heavy atom. The smallest absolute Gasteiger partial charge is 0.199 e. The Kier molecular flexibility index (Phi) is 6.60. The highest BCUT2D eigenvalue weighted by Gasteiger charge is 2.25. The topological polar surface area (TPSA) is 88.8 Å². The molecule has 1 aromatic carbocycles. The maximum Gasteiger partial charge on any atom is 0.199 e. The van der Waals surface area contributed by atoms with Crippen molar-refractivity contribution in [3.8, 4) is 33.3 Å². The summed E-state index contributed by atoms with van der Waals surface area (Å²) in [5.74, 6) is 1.97. The van der Waals surface area contributed by atoms with Crippen LogP contribution >= 0.6 is 34.3 Å². The standard InChI is InChI=1S/C24H23ClN6OS2/c1-14(6-5-11-32)28-21-19-18(17-12-33-13-27-17)20(15-7-3-4-8-16(15)25)34-24(19)30-22(29-21)23-26-9-10-31(23)2/h3-4,7-10,12-14,32H,5-6,11H2,1-2H3,(H,28,29,30). The largest absolute Gasteiger partial charge is 0.396 e. The summed E-state index contributed by atoms with van der Waals surface area (Å²) < 4.78 is 1.91. The van der Waals surface area contributed by atoms with Gasteiger partial charge in [-0.15, -0.1) is 22.7 Å². The lowest BCUT2D eigenvalue weighted by molar-refractivity contribution is 0.282. The van der Waals surface area contributed by atoms with Gasteiger partial charge in [0.25, 0.3) is 0 Å². The lowest BCUT2D eigenvalue weighted by Crippen LogP contribution is -2.17. The molecule has 0 aliphatic rings. The second-order valence-electron chi connectivity index (χ2n) is 8.01. The highest BCUT2D eigenvalue weighted by atomic mass is 35.5. The Labute approximate surface area is 210 Å². The fraction of sp³-hybridized carbons (Fsp3) is 0.250. The number of aromatic nitrogens is 5. The monoisotopic (exact) mass is 510 g/mol. The quantitative estimate of drug-likeness (QED) is 0.262. The number of anilines is 1. The van der Waals surface area contributed by atoms with Gasteiger partial charge in [-0.25, -0.2) is 19.9 Å². The molecule has 0 spiro atoms. The number of benzene rings is 1. The summed E-state index contributed by atoms with van der Waals surface area (Å²) in [5, 5.41) is 16.5. The predicted octanol–water partition coefficient (Wildman–Crippen LogP) is 6.11. The summed E-state index contributed by atoms with van der Waals surface area (Å²) in [5.41, 5.74) is 4.60. The van der Waals surface area contributed by atoms with Gasteiger partial charge in [-0.2, -0.15) is 0 Å². The van der Waals surface area contributed by atoms with Crippen LogP contribution in [0.1, 0.15) is 19.8 Å². The van der Waals surface area contributed by atoms with E-state index in [4.69, 9.17) is 21.6 Å². The number of hydrogen-bond acceptors (Lipinski definition) is 8. The van der Waals surface area contributed by atoms with Gasteiger partial charge in [0.2, 0.25) is 0 Å². The molecule has 0 aliphatic heterocycles. The molecule has 5 aromatic rings. The van der Waals surface area contributed by atoms with Crippen LogP contribution in [0.5, 0.6) is 0 Å². The number of halogens is 1. The number of aliphatic hydroxyl groups is 1. The zero-order chi connectivity index (χ0) is 23.7. The second kappa shape index (κ2) is 9.79. The predicted molar refractivity (Wildman–Crippen MR) is 141 cm³/mol. The molecule has 0 radical (unpaired) electrons. The van der Waals surface area contributed by atoms with Crippen molar-refractivity contribution < 1.29 is 5.11 Å². The number of aliphatic hydroxyl groups excluding tert-OH is 1.